The molecule has 1 aromatic carbocycles. The van der Waals surface area contributed by atoms with E-state index in [-0.39, 0.29) is 11.9 Å². The van der Waals surface area contributed by atoms with Crippen LogP contribution in [0.5, 0.6) is 0 Å². The van der Waals surface area contributed by atoms with Gasteiger partial charge in [0.1, 0.15) is 0 Å². The fourth-order valence-corrected chi connectivity index (χ4v) is 2.52. The van der Waals surface area contributed by atoms with Crippen LogP contribution in [0.4, 0.5) is 0 Å². The smallest absolute Gasteiger partial charge is 0.276 e. The van der Waals surface area contributed by atoms with Gasteiger partial charge in [-0.3, -0.25) is 4.79 Å². The van der Waals surface area contributed by atoms with Crippen molar-refractivity contribution in [1.29, 1.82) is 0 Å². The first kappa shape index (κ1) is 13.8. The monoisotopic (exact) mass is 285 g/mol. The van der Waals surface area contributed by atoms with E-state index in [0.29, 0.717) is 18.8 Å². The third-order valence-electron chi connectivity index (χ3n) is 3.81. The van der Waals surface area contributed by atoms with E-state index in [9.17, 15) is 4.79 Å². The van der Waals surface area contributed by atoms with Crippen molar-refractivity contribution < 1.29 is 4.79 Å². The van der Waals surface area contributed by atoms with E-state index in [1.54, 1.807) is 15.8 Å². The molecular formula is C15H19N5O. The minimum atomic E-state index is -0.0687. The Bertz CT molecular complexity index is 643. The van der Waals surface area contributed by atoms with E-state index in [2.05, 4.69) is 10.3 Å². The van der Waals surface area contributed by atoms with Crippen molar-refractivity contribution in [1.82, 2.24) is 19.9 Å². The molecule has 1 fully saturated rings. The first-order valence-electron chi connectivity index (χ1n) is 7.18. The van der Waals surface area contributed by atoms with Crippen LogP contribution in [-0.4, -0.2) is 44.9 Å². The number of benzene rings is 1. The van der Waals surface area contributed by atoms with Crippen LogP contribution in [0.25, 0.3) is 5.69 Å². The van der Waals surface area contributed by atoms with Crippen molar-refractivity contribution in [3.05, 3.63) is 41.7 Å². The standard InChI is InChI=1S/C15H19N5O/c1-11-3-2-4-13(9-11)20-10-14(17-18-20)15(21)19-7-5-12(16)6-8-19/h2-4,9-10,12H,5-8,16H2,1H3. The zero-order valence-corrected chi connectivity index (χ0v) is 12.1. The molecule has 1 amide bonds. The van der Waals surface area contributed by atoms with Crippen molar-refractivity contribution in [3.63, 3.8) is 0 Å². The van der Waals surface area contributed by atoms with Gasteiger partial charge in [-0.15, -0.1) is 5.10 Å². The summed E-state index contributed by atoms with van der Waals surface area (Å²) in [6.45, 7) is 3.40. The number of hydrogen-bond donors (Lipinski definition) is 1. The minimum Gasteiger partial charge on any atom is -0.337 e. The lowest BCUT2D eigenvalue weighted by atomic mass is 10.1. The molecule has 0 bridgehead atoms. The number of amides is 1. The second-order valence-electron chi connectivity index (χ2n) is 5.52. The predicted molar refractivity (Wildman–Crippen MR) is 79.2 cm³/mol. The van der Waals surface area contributed by atoms with Gasteiger partial charge in [-0.05, 0) is 37.5 Å². The Balaban J connectivity index is 1.77. The Hall–Kier alpha value is -2.21. The summed E-state index contributed by atoms with van der Waals surface area (Å²) in [6.07, 6.45) is 3.38. The first-order chi connectivity index (χ1) is 10.1. The number of rotatable bonds is 2. The first-order valence-corrected chi connectivity index (χ1v) is 7.18. The SMILES string of the molecule is Cc1cccc(-n2cc(C(=O)N3CCC(N)CC3)nn2)c1. The van der Waals surface area contributed by atoms with Gasteiger partial charge in [0.05, 0.1) is 11.9 Å². The zero-order chi connectivity index (χ0) is 14.8. The second-order valence-corrected chi connectivity index (χ2v) is 5.52. The number of nitrogens with two attached hydrogens (primary N) is 1. The van der Waals surface area contributed by atoms with Gasteiger partial charge in [0, 0.05) is 19.1 Å². The van der Waals surface area contributed by atoms with Crippen molar-refractivity contribution >= 4 is 5.91 Å². The molecule has 2 aromatic rings. The molecule has 1 aromatic heterocycles. The van der Waals surface area contributed by atoms with Crippen LogP contribution in [-0.2, 0) is 0 Å². The van der Waals surface area contributed by atoms with E-state index in [1.807, 2.05) is 31.2 Å². The fourth-order valence-electron chi connectivity index (χ4n) is 2.52. The molecule has 2 heterocycles. The molecule has 3 rings (SSSR count). The Kier molecular flexibility index (Phi) is 3.70. The summed E-state index contributed by atoms with van der Waals surface area (Å²) in [5.74, 6) is -0.0687. The Morgan fingerprint density at radius 2 is 2.10 bits per heavy atom. The fraction of sp³-hybridized carbons (Fsp3) is 0.400. The zero-order valence-electron chi connectivity index (χ0n) is 12.1. The van der Waals surface area contributed by atoms with Crippen LogP contribution in [0, 0.1) is 6.92 Å². The number of likely N-dealkylation sites (tertiary alicyclic amines) is 1. The number of aromatic nitrogens is 3. The van der Waals surface area contributed by atoms with E-state index < -0.39 is 0 Å². The van der Waals surface area contributed by atoms with E-state index in [4.69, 9.17) is 5.73 Å². The topological polar surface area (TPSA) is 77.0 Å². The average molecular weight is 285 g/mol. The molecule has 2 N–H and O–H groups in total. The highest BCUT2D eigenvalue weighted by atomic mass is 16.2. The van der Waals surface area contributed by atoms with Gasteiger partial charge in [0.2, 0.25) is 0 Å². The number of carbonyl (C=O) groups excluding carboxylic acids is 1. The van der Waals surface area contributed by atoms with E-state index >= 15 is 0 Å². The maximum atomic E-state index is 12.4. The summed E-state index contributed by atoms with van der Waals surface area (Å²) in [4.78, 5) is 14.2. The molecule has 0 radical (unpaired) electrons. The molecule has 21 heavy (non-hydrogen) atoms. The molecule has 110 valence electrons. The van der Waals surface area contributed by atoms with Crippen LogP contribution < -0.4 is 5.73 Å². The molecular weight excluding hydrogens is 266 g/mol. The molecule has 0 unspecified atom stereocenters. The van der Waals surface area contributed by atoms with Crippen molar-refractivity contribution in [3.8, 4) is 5.69 Å². The number of piperidine rings is 1. The second kappa shape index (κ2) is 5.65. The lowest BCUT2D eigenvalue weighted by molar-refractivity contribution is 0.0708. The van der Waals surface area contributed by atoms with Crippen LogP contribution in [0.15, 0.2) is 30.5 Å². The van der Waals surface area contributed by atoms with Crippen molar-refractivity contribution in [2.24, 2.45) is 5.73 Å². The summed E-state index contributed by atoms with van der Waals surface area (Å²) in [6, 6.07) is 8.12. The highest BCUT2D eigenvalue weighted by Crippen LogP contribution is 2.13. The summed E-state index contributed by atoms with van der Waals surface area (Å²) >= 11 is 0. The highest BCUT2D eigenvalue weighted by Gasteiger charge is 2.23. The largest absolute Gasteiger partial charge is 0.337 e. The summed E-state index contributed by atoms with van der Waals surface area (Å²) < 4.78 is 1.63. The summed E-state index contributed by atoms with van der Waals surface area (Å²) in [5.41, 5.74) is 8.29. The van der Waals surface area contributed by atoms with Gasteiger partial charge in [-0.2, -0.15) is 0 Å². The van der Waals surface area contributed by atoms with Gasteiger partial charge in [0.25, 0.3) is 5.91 Å². The Morgan fingerprint density at radius 3 is 2.81 bits per heavy atom. The highest BCUT2D eigenvalue weighted by molar-refractivity contribution is 5.92. The van der Waals surface area contributed by atoms with E-state index in [0.717, 1.165) is 24.1 Å². The van der Waals surface area contributed by atoms with Crippen LogP contribution in [0.3, 0.4) is 0 Å². The van der Waals surface area contributed by atoms with Gasteiger partial charge in [0.15, 0.2) is 5.69 Å². The van der Waals surface area contributed by atoms with Gasteiger partial charge in [-0.1, -0.05) is 17.3 Å². The number of nitrogens with zero attached hydrogens (tertiary/aromatic N) is 4. The number of aryl methyl sites for hydroxylation is 1. The Labute approximate surface area is 123 Å². The molecule has 1 aliphatic rings. The van der Waals surface area contributed by atoms with Crippen molar-refractivity contribution in [2.75, 3.05) is 13.1 Å². The van der Waals surface area contributed by atoms with Crippen molar-refractivity contribution in [2.45, 2.75) is 25.8 Å². The van der Waals surface area contributed by atoms with Gasteiger partial charge < -0.3 is 10.6 Å². The third-order valence-corrected chi connectivity index (χ3v) is 3.81. The number of carbonyl (C=O) groups is 1. The lowest BCUT2D eigenvalue weighted by Gasteiger charge is -2.29. The van der Waals surface area contributed by atoms with Gasteiger partial charge >= 0.3 is 0 Å². The minimum absolute atomic E-state index is 0.0687. The average Bonchev–Trinajstić information content (AvgIpc) is 2.97. The number of hydrogen-bond acceptors (Lipinski definition) is 4. The molecule has 0 atom stereocenters. The molecule has 0 saturated carbocycles. The predicted octanol–water partition coefficient (Wildman–Crippen LogP) is 1.14. The maximum absolute atomic E-state index is 12.4. The Morgan fingerprint density at radius 1 is 1.33 bits per heavy atom. The lowest BCUT2D eigenvalue weighted by Crippen LogP contribution is -2.43. The van der Waals surface area contributed by atoms with Crippen LogP contribution >= 0.6 is 0 Å². The van der Waals surface area contributed by atoms with Crippen LogP contribution in [0.1, 0.15) is 28.9 Å². The molecule has 6 nitrogen and oxygen atoms in total. The molecule has 1 aliphatic heterocycles. The van der Waals surface area contributed by atoms with Gasteiger partial charge in [-0.25, -0.2) is 4.68 Å². The molecule has 0 aliphatic carbocycles. The summed E-state index contributed by atoms with van der Waals surface area (Å²) in [5, 5.41) is 8.06. The van der Waals surface area contributed by atoms with E-state index in [1.165, 1.54) is 0 Å². The third kappa shape index (κ3) is 2.95. The maximum Gasteiger partial charge on any atom is 0.276 e. The normalized spacial score (nSPS) is 16.2. The quantitative estimate of drug-likeness (QED) is 0.897. The summed E-state index contributed by atoms with van der Waals surface area (Å²) in [7, 11) is 0. The molecule has 6 heteroatoms. The van der Waals surface area contributed by atoms with Crippen LogP contribution in [0.2, 0.25) is 0 Å². The molecule has 0 spiro atoms. The molecule has 1 saturated heterocycles.